The average Bonchev–Trinajstić information content (AvgIpc) is 2.31. The van der Waals surface area contributed by atoms with Crippen molar-refractivity contribution in [2.24, 2.45) is 0 Å². The molecule has 0 heterocycles. The lowest BCUT2D eigenvalue weighted by atomic mass is 9.90. The molecule has 0 bridgehead atoms. The third-order valence-corrected chi connectivity index (χ3v) is 3.83. The van der Waals surface area contributed by atoms with E-state index < -0.39 is 6.10 Å². The monoisotopic (exact) mass is 267 g/mol. The van der Waals surface area contributed by atoms with Crippen molar-refractivity contribution in [2.75, 3.05) is 18.1 Å². The van der Waals surface area contributed by atoms with Crippen LogP contribution < -0.4 is 4.90 Å². The number of nitrogens with zero attached hydrogens (tertiary/aromatic N) is 1. The van der Waals surface area contributed by atoms with Gasteiger partial charge in [0.25, 0.3) is 0 Å². The molecular weight excluding hydrogens is 245 g/mol. The topological polar surface area (TPSA) is 43.7 Å². The first-order valence-electron chi connectivity index (χ1n) is 6.99. The summed E-state index contributed by atoms with van der Waals surface area (Å²) < 4.78 is 13.9. The summed E-state index contributed by atoms with van der Waals surface area (Å²) in [5.74, 6) is -0.360. The Morgan fingerprint density at radius 3 is 2.68 bits per heavy atom. The van der Waals surface area contributed by atoms with Crippen molar-refractivity contribution in [1.82, 2.24) is 0 Å². The number of benzene rings is 1. The molecule has 106 valence electrons. The summed E-state index contributed by atoms with van der Waals surface area (Å²) in [6.45, 7) is 2.42. The van der Waals surface area contributed by atoms with Crippen molar-refractivity contribution in [3.05, 3.63) is 29.6 Å². The van der Waals surface area contributed by atoms with Crippen molar-refractivity contribution < 1.29 is 14.6 Å². The molecule has 1 aromatic carbocycles. The zero-order valence-corrected chi connectivity index (χ0v) is 11.3. The van der Waals surface area contributed by atoms with Crippen LogP contribution in [-0.4, -0.2) is 29.4 Å². The Morgan fingerprint density at radius 1 is 1.42 bits per heavy atom. The molecule has 0 amide bonds. The Labute approximate surface area is 113 Å². The van der Waals surface area contributed by atoms with Crippen LogP contribution >= 0.6 is 0 Å². The van der Waals surface area contributed by atoms with E-state index in [4.69, 9.17) is 5.11 Å². The maximum Gasteiger partial charge on any atom is 0.131 e. The molecule has 1 atom stereocenters. The highest BCUT2D eigenvalue weighted by Gasteiger charge is 2.28. The third kappa shape index (κ3) is 3.07. The molecule has 1 saturated carbocycles. The van der Waals surface area contributed by atoms with E-state index in [0.29, 0.717) is 24.6 Å². The standard InChI is InChI=1S/C15H22FNO2/c1-11(19)15-13(16)7-3-8-14(15)17(9-4-10-18)12-5-2-6-12/h3,7-8,11-12,18-19H,2,4-6,9-10H2,1H3/t11-/m1/s1. The summed E-state index contributed by atoms with van der Waals surface area (Å²) in [6, 6.07) is 5.34. The van der Waals surface area contributed by atoms with E-state index in [-0.39, 0.29) is 12.4 Å². The third-order valence-electron chi connectivity index (χ3n) is 3.83. The molecule has 19 heavy (non-hydrogen) atoms. The van der Waals surface area contributed by atoms with Crippen LogP contribution in [0, 0.1) is 5.82 Å². The summed E-state index contributed by atoms with van der Waals surface area (Å²) in [6.07, 6.45) is 3.22. The number of rotatable bonds is 6. The van der Waals surface area contributed by atoms with Gasteiger partial charge in [-0.05, 0) is 44.7 Å². The molecule has 3 nitrogen and oxygen atoms in total. The summed E-state index contributed by atoms with van der Waals surface area (Å²) >= 11 is 0. The highest BCUT2D eigenvalue weighted by Crippen LogP contribution is 2.35. The molecule has 0 aromatic heterocycles. The van der Waals surface area contributed by atoms with Crippen molar-refractivity contribution in [1.29, 1.82) is 0 Å². The van der Waals surface area contributed by atoms with Crippen LogP contribution in [0.15, 0.2) is 18.2 Å². The molecule has 0 saturated heterocycles. The second-order valence-corrected chi connectivity index (χ2v) is 5.20. The highest BCUT2D eigenvalue weighted by molar-refractivity contribution is 5.56. The minimum Gasteiger partial charge on any atom is -0.396 e. The van der Waals surface area contributed by atoms with E-state index >= 15 is 0 Å². The van der Waals surface area contributed by atoms with Crippen LogP contribution in [0.3, 0.4) is 0 Å². The fourth-order valence-corrected chi connectivity index (χ4v) is 2.63. The molecule has 0 spiro atoms. The Hall–Kier alpha value is -1.13. The fraction of sp³-hybridized carbons (Fsp3) is 0.600. The summed E-state index contributed by atoms with van der Waals surface area (Å²) in [5.41, 5.74) is 1.14. The lowest BCUT2D eigenvalue weighted by molar-refractivity contribution is 0.194. The lowest BCUT2D eigenvalue weighted by Crippen LogP contribution is -2.41. The van der Waals surface area contributed by atoms with Gasteiger partial charge in [0.15, 0.2) is 0 Å². The predicted octanol–water partition coefficient (Wildman–Crippen LogP) is 2.62. The first-order chi connectivity index (χ1) is 9.15. The van der Waals surface area contributed by atoms with Gasteiger partial charge in [-0.25, -0.2) is 4.39 Å². The van der Waals surface area contributed by atoms with Gasteiger partial charge in [0.2, 0.25) is 0 Å². The number of aliphatic hydroxyl groups excluding tert-OH is 2. The van der Waals surface area contributed by atoms with Gasteiger partial charge in [-0.15, -0.1) is 0 Å². The van der Waals surface area contributed by atoms with E-state index in [0.717, 1.165) is 18.5 Å². The van der Waals surface area contributed by atoms with Gasteiger partial charge >= 0.3 is 0 Å². The van der Waals surface area contributed by atoms with Gasteiger partial charge in [-0.1, -0.05) is 6.07 Å². The van der Waals surface area contributed by atoms with Crippen molar-refractivity contribution >= 4 is 5.69 Å². The molecule has 1 fully saturated rings. The number of aliphatic hydroxyl groups is 2. The number of hydrogen-bond acceptors (Lipinski definition) is 3. The Balaban J connectivity index is 2.31. The molecule has 4 heteroatoms. The van der Waals surface area contributed by atoms with Gasteiger partial charge in [0, 0.05) is 30.4 Å². The maximum atomic E-state index is 13.9. The zero-order valence-electron chi connectivity index (χ0n) is 11.3. The first-order valence-corrected chi connectivity index (χ1v) is 6.99. The van der Waals surface area contributed by atoms with E-state index in [1.54, 1.807) is 13.0 Å². The summed E-state index contributed by atoms with van der Waals surface area (Å²) in [4.78, 5) is 2.14. The second-order valence-electron chi connectivity index (χ2n) is 5.20. The van der Waals surface area contributed by atoms with Gasteiger partial charge in [0.05, 0.1) is 6.10 Å². The van der Waals surface area contributed by atoms with Crippen LogP contribution in [-0.2, 0) is 0 Å². The van der Waals surface area contributed by atoms with Crippen LogP contribution in [0.25, 0.3) is 0 Å². The van der Waals surface area contributed by atoms with Crippen LogP contribution in [0.2, 0.25) is 0 Å². The SMILES string of the molecule is C[C@@H](O)c1c(F)cccc1N(CCCO)C1CCC1. The van der Waals surface area contributed by atoms with Gasteiger partial charge in [-0.2, -0.15) is 0 Å². The smallest absolute Gasteiger partial charge is 0.131 e. The molecule has 1 aliphatic carbocycles. The van der Waals surface area contributed by atoms with Crippen molar-refractivity contribution in [2.45, 2.75) is 44.8 Å². The van der Waals surface area contributed by atoms with Crippen LogP contribution in [0.4, 0.5) is 10.1 Å². The van der Waals surface area contributed by atoms with Gasteiger partial charge < -0.3 is 15.1 Å². The molecular formula is C15H22FNO2. The van der Waals surface area contributed by atoms with E-state index in [9.17, 15) is 9.50 Å². The number of anilines is 1. The van der Waals surface area contributed by atoms with Crippen molar-refractivity contribution in [3.8, 4) is 0 Å². The molecule has 1 aromatic rings. The normalized spacial score (nSPS) is 17.1. The Morgan fingerprint density at radius 2 is 2.16 bits per heavy atom. The molecule has 2 rings (SSSR count). The lowest BCUT2D eigenvalue weighted by Gasteiger charge is -2.40. The molecule has 0 aliphatic heterocycles. The predicted molar refractivity (Wildman–Crippen MR) is 73.7 cm³/mol. The highest BCUT2D eigenvalue weighted by atomic mass is 19.1. The number of halogens is 1. The second kappa shape index (κ2) is 6.35. The van der Waals surface area contributed by atoms with E-state index in [1.165, 1.54) is 12.5 Å². The van der Waals surface area contributed by atoms with E-state index in [2.05, 4.69) is 4.90 Å². The first kappa shape index (κ1) is 14.3. The Bertz CT molecular complexity index is 419. The zero-order chi connectivity index (χ0) is 13.8. The minimum atomic E-state index is -0.826. The van der Waals surface area contributed by atoms with E-state index in [1.807, 2.05) is 6.07 Å². The summed E-state index contributed by atoms with van der Waals surface area (Å²) in [7, 11) is 0. The Kier molecular flexibility index (Phi) is 4.77. The summed E-state index contributed by atoms with van der Waals surface area (Å²) in [5, 5.41) is 18.8. The quantitative estimate of drug-likeness (QED) is 0.832. The van der Waals surface area contributed by atoms with Crippen molar-refractivity contribution in [3.63, 3.8) is 0 Å². The van der Waals surface area contributed by atoms with Crippen LogP contribution in [0.5, 0.6) is 0 Å². The van der Waals surface area contributed by atoms with Gasteiger partial charge in [-0.3, -0.25) is 0 Å². The molecule has 0 unspecified atom stereocenters. The van der Waals surface area contributed by atoms with Gasteiger partial charge in [0.1, 0.15) is 5.82 Å². The number of hydrogen-bond donors (Lipinski definition) is 2. The average molecular weight is 267 g/mol. The molecule has 1 aliphatic rings. The molecule has 0 radical (unpaired) electrons. The molecule has 2 N–H and O–H groups in total. The maximum absolute atomic E-state index is 13.9. The fourth-order valence-electron chi connectivity index (χ4n) is 2.63. The van der Waals surface area contributed by atoms with Crippen LogP contribution in [0.1, 0.15) is 44.3 Å². The minimum absolute atomic E-state index is 0.128. The largest absolute Gasteiger partial charge is 0.396 e.